The number of nitrogens with one attached hydrogen (secondary N) is 1. The minimum atomic E-state index is -0.586. The van der Waals surface area contributed by atoms with Crippen LogP contribution in [-0.4, -0.2) is 30.6 Å². The van der Waals surface area contributed by atoms with E-state index >= 15 is 0 Å². The summed E-state index contributed by atoms with van der Waals surface area (Å²) in [4.78, 5) is 22.8. The molecule has 2 atom stereocenters. The van der Waals surface area contributed by atoms with Gasteiger partial charge in [-0.25, -0.2) is 0 Å². The second-order valence-electron chi connectivity index (χ2n) is 4.59. The minimum absolute atomic E-state index is 0.220. The fourth-order valence-electron chi connectivity index (χ4n) is 1.77. The number of carbonyl (C=O) groups excluding carboxylic acids is 2. The Kier molecular flexibility index (Phi) is 4.73. The number of hydrogen-bond donors (Lipinski definition) is 2. The van der Waals surface area contributed by atoms with Gasteiger partial charge in [-0.3, -0.25) is 9.59 Å². The Bertz CT molecular complexity index is 260. The summed E-state index contributed by atoms with van der Waals surface area (Å²) in [7, 11) is 0. The number of ether oxygens (including phenoxy) is 1. The van der Waals surface area contributed by atoms with Gasteiger partial charge in [0, 0.05) is 6.61 Å². The molecule has 1 fully saturated rings. The number of primary amides is 1. The van der Waals surface area contributed by atoms with Crippen LogP contribution in [0.2, 0.25) is 0 Å². The van der Waals surface area contributed by atoms with Gasteiger partial charge in [0.15, 0.2) is 0 Å². The van der Waals surface area contributed by atoms with Crippen LogP contribution in [0.3, 0.4) is 0 Å². The van der Waals surface area contributed by atoms with Gasteiger partial charge in [-0.15, -0.1) is 0 Å². The summed E-state index contributed by atoms with van der Waals surface area (Å²) in [6.07, 6.45) is 1.77. The van der Waals surface area contributed by atoms with Crippen LogP contribution < -0.4 is 11.1 Å². The Hall–Kier alpha value is -1.10. The molecule has 5 nitrogen and oxygen atoms in total. The Labute approximate surface area is 95.7 Å². The van der Waals surface area contributed by atoms with Gasteiger partial charge in [0.2, 0.25) is 11.8 Å². The van der Waals surface area contributed by atoms with Gasteiger partial charge in [-0.1, -0.05) is 13.8 Å². The van der Waals surface area contributed by atoms with Crippen LogP contribution in [0.4, 0.5) is 0 Å². The van der Waals surface area contributed by atoms with Gasteiger partial charge < -0.3 is 15.8 Å². The predicted octanol–water partition coefficient (Wildman–Crippen LogP) is 0.182. The largest absolute Gasteiger partial charge is 0.368 e. The fourth-order valence-corrected chi connectivity index (χ4v) is 1.77. The molecule has 5 heteroatoms. The highest BCUT2D eigenvalue weighted by Crippen LogP contribution is 2.13. The van der Waals surface area contributed by atoms with Gasteiger partial charge >= 0.3 is 0 Å². The first-order valence-corrected chi connectivity index (χ1v) is 5.72. The lowest BCUT2D eigenvalue weighted by atomic mass is 10.0. The van der Waals surface area contributed by atoms with Gasteiger partial charge in [-0.05, 0) is 25.2 Å². The molecule has 1 aliphatic rings. The summed E-state index contributed by atoms with van der Waals surface area (Å²) in [6.45, 7) is 4.58. The lowest BCUT2D eigenvalue weighted by molar-refractivity contribution is -0.134. The summed E-state index contributed by atoms with van der Waals surface area (Å²) in [5.74, 6) is -0.399. The summed E-state index contributed by atoms with van der Waals surface area (Å²) in [5, 5.41) is 2.65. The van der Waals surface area contributed by atoms with E-state index in [1.54, 1.807) is 0 Å². The van der Waals surface area contributed by atoms with Gasteiger partial charge in [0.1, 0.15) is 12.1 Å². The van der Waals surface area contributed by atoms with E-state index in [-0.39, 0.29) is 5.91 Å². The number of carbonyl (C=O) groups is 2. The first kappa shape index (κ1) is 13.0. The average molecular weight is 228 g/mol. The van der Waals surface area contributed by atoms with Gasteiger partial charge in [0.25, 0.3) is 0 Å². The molecule has 0 unspecified atom stereocenters. The maximum Gasteiger partial charge on any atom is 0.249 e. The number of amides is 2. The van der Waals surface area contributed by atoms with Gasteiger partial charge in [0.05, 0.1) is 0 Å². The van der Waals surface area contributed by atoms with Crippen molar-refractivity contribution in [2.24, 2.45) is 11.7 Å². The summed E-state index contributed by atoms with van der Waals surface area (Å²) in [6, 6.07) is -0.586. The quantitative estimate of drug-likeness (QED) is 0.704. The molecule has 1 saturated heterocycles. The monoisotopic (exact) mass is 228 g/mol. The molecule has 1 heterocycles. The summed E-state index contributed by atoms with van der Waals surface area (Å²) in [5.41, 5.74) is 5.24. The molecule has 0 aromatic rings. The maximum atomic E-state index is 11.7. The SMILES string of the molecule is CC(C)C[C@H](NC(=O)[C@H]1CCCO1)C(N)=O. The second-order valence-corrected chi connectivity index (χ2v) is 4.59. The van der Waals surface area contributed by atoms with Crippen LogP contribution in [0, 0.1) is 5.92 Å². The number of rotatable bonds is 5. The molecule has 1 rings (SSSR count). The van der Waals surface area contributed by atoms with Crippen LogP contribution >= 0.6 is 0 Å². The topological polar surface area (TPSA) is 81.4 Å². The van der Waals surface area contributed by atoms with E-state index < -0.39 is 18.1 Å². The molecule has 1 aliphatic heterocycles. The third kappa shape index (κ3) is 3.81. The molecule has 16 heavy (non-hydrogen) atoms. The lowest BCUT2D eigenvalue weighted by Crippen LogP contribution is -2.48. The Morgan fingerprint density at radius 2 is 2.19 bits per heavy atom. The Morgan fingerprint density at radius 1 is 1.50 bits per heavy atom. The lowest BCUT2D eigenvalue weighted by Gasteiger charge is -2.19. The van der Waals surface area contributed by atoms with E-state index in [1.165, 1.54) is 0 Å². The van der Waals surface area contributed by atoms with Crippen molar-refractivity contribution in [1.82, 2.24) is 5.32 Å². The molecule has 0 saturated carbocycles. The van der Waals surface area contributed by atoms with E-state index in [0.29, 0.717) is 18.9 Å². The smallest absolute Gasteiger partial charge is 0.249 e. The predicted molar refractivity (Wildman–Crippen MR) is 59.6 cm³/mol. The first-order valence-electron chi connectivity index (χ1n) is 5.72. The molecule has 0 aromatic carbocycles. The molecule has 0 bridgehead atoms. The summed E-state index contributed by atoms with van der Waals surface area (Å²) >= 11 is 0. The van der Waals surface area contributed by atoms with Crippen molar-refractivity contribution in [3.63, 3.8) is 0 Å². The molecule has 3 N–H and O–H groups in total. The average Bonchev–Trinajstić information content (AvgIpc) is 2.68. The Morgan fingerprint density at radius 3 is 2.62 bits per heavy atom. The second kappa shape index (κ2) is 5.84. The zero-order valence-corrected chi connectivity index (χ0v) is 9.86. The number of hydrogen-bond acceptors (Lipinski definition) is 3. The molecule has 2 amide bonds. The molecular weight excluding hydrogens is 208 g/mol. The molecule has 92 valence electrons. The van der Waals surface area contributed by atoms with Crippen LogP contribution in [0.15, 0.2) is 0 Å². The van der Waals surface area contributed by atoms with E-state index in [2.05, 4.69) is 5.32 Å². The van der Waals surface area contributed by atoms with E-state index in [4.69, 9.17) is 10.5 Å². The van der Waals surface area contributed by atoms with Crippen LogP contribution in [-0.2, 0) is 14.3 Å². The molecule has 0 radical (unpaired) electrons. The highest BCUT2D eigenvalue weighted by molar-refractivity contribution is 5.88. The van der Waals surface area contributed by atoms with Crippen molar-refractivity contribution in [2.75, 3.05) is 6.61 Å². The third-order valence-corrected chi connectivity index (χ3v) is 2.59. The highest BCUT2D eigenvalue weighted by Gasteiger charge is 2.27. The van der Waals surface area contributed by atoms with E-state index in [0.717, 1.165) is 12.8 Å². The molecule has 0 aliphatic carbocycles. The zero-order chi connectivity index (χ0) is 12.1. The standard InChI is InChI=1S/C11H20N2O3/c1-7(2)6-8(10(12)14)13-11(15)9-4-3-5-16-9/h7-9H,3-6H2,1-2H3,(H2,12,14)(H,13,15)/t8-,9+/m0/s1. The van der Waals surface area contributed by atoms with E-state index in [1.807, 2.05) is 13.8 Å². The van der Waals surface area contributed by atoms with Crippen LogP contribution in [0.5, 0.6) is 0 Å². The third-order valence-electron chi connectivity index (χ3n) is 2.59. The van der Waals surface area contributed by atoms with Crippen molar-refractivity contribution in [3.8, 4) is 0 Å². The van der Waals surface area contributed by atoms with Crippen molar-refractivity contribution >= 4 is 11.8 Å². The highest BCUT2D eigenvalue weighted by atomic mass is 16.5. The zero-order valence-electron chi connectivity index (χ0n) is 9.86. The first-order chi connectivity index (χ1) is 7.50. The number of nitrogens with two attached hydrogens (primary N) is 1. The van der Waals surface area contributed by atoms with Crippen LogP contribution in [0.1, 0.15) is 33.1 Å². The molecular formula is C11H20N2O3. The maximum absolute atomic E-state index is 11.7. The van der Waals surface area contributed by atoms with Crippen molar-refractivity contribution in [2.45, 2.75) is 45.3 Å². The van der Waals surface area contributed by atoms with Crippen molar-refractivity contribution < 1.29 is 14.3 Å². The van der Waals surface area contributed by atoms with Crippen molar-refractivity contribution in [3.05, 3.63) is 0 Å². The fraction of sp³-hybridized carbons (Fsp3) is 0.818. The summed E-state index contributed by atoms with van der Waals surface area (Å²) < 4.78 is 5.24. The minimum Gasteiger partial charge on any atom is -0.368 e. The Balaban J connectivity index is 2.47. The van der Waals surface area contributed by atoms with Crippen LogP contribution in [0.25, 0.3) is 0 Å². The molecule has 0 aromatic heterocycles. The molecule has 0 spiro atoms. The van der Waals surface area contributed by atoms with Gasteiger partial charge in [-0.2, -0.15) is 0 Å². The van der Waals surface area contributed by atoms with E-state index in [9.17, 15) is 9.59 Å². The normalized spacial score (nSPS) is 22.1. The van der Waals surface area contributed by atoms with Crippen molar-refractivity contribution in [1.29, 1.82) is 0 Å².